The van der Waals surface area contributed by atoms with E-state index < -0.39 is 6.09 Å². The highest BCUT2D eigenvalue weighted by molar-refractivity contribution is 5.78. The van der Waals surface area contributed by atoms with Crippen LogP contribution in [0.15, 0.2) is 30.6 Å². The van der Waals surface area contributed by atoms with E-state index in [0.717, 1.165) is 5.56 Å². The Labute approximate surface area is 105 Å². The van der Waals surface area contributed by atoms with Gasteiger partial charge in [0, 0.05) is 31.9 Å². The maximum atomic E-state index is 11.3. The molecule has 0 aliphatic heterocycles. The van der Waals surface area contributed by atoms with Crippen molar-refractivity contribution >= 4 is 18.1 Å². The van der Waals surface area contributed by atoms with E-state index in [-0.39, 0.29) is 25.4 Å². The summed E-state index contributed by atoms with van der Waals surface area (Å²) in [7, 11) is 0. The lowest BCUT2D eigenvalue weighted by molar-refractivity contribution is -0.120. The topological polar surface area (TPSA) is 91.3 Å². The zero-order valence-corrected chi connectivity index (χ0v) is 9.80. The van der Waals surface area contributed by atoms with Gasteiger partial charge in [-0.2, -0.15) is 0 Å². The normalized spacial score (nSPS) is 10.2. The molecule has 18 heavy (non-hydrogen) atoms. The fourth-order valence-corrected chi connectivity index (χ4v) is 1.22. The summed E-state index contributed by atoms with van der Waals surface area (Å²) in [6.45, 7) is 0.485. The van der Waals surface area contributed by atoms with Crippen molar-refractivity contribution in [3.63, 3.8) is 0 Å². The van der Waals surface area contributed by atoms with Crippen LogP contribution in [-0.2, 0) is 4.79 Å². The molecule has 1 heterocycles. The molecule has 0 fully saturated rings. The number of amides is 2. The van der Waals surface area contributed by atoms with Gasteiger partial charge in [0.05, 0.1) is 0 Å². The Bertz CT molecular complexity index is 418. The lowest BCUT2D eigenvalue weighted by Crippen LogP contribution is -2.33. The van der Waals surface area contributed by atoms with Crippen molar-refractivity contribution in [1.82, 2.24) is 15.6 Å². The highest BCUT2D eigenvalue weighted by Crippen LogP contribution is 1.99. The van der Waals surface area contributed by atoms with Gasteiger partial charge in [-0.3, -0.25) is 9.78 Å². The molecule has 0 saturated heterocycles. The number of nitrogens with one attached hydrogen (secondary N) is 2. The summed E-state index contributed by atoms with van der Waals surface area (Å²) in [6, 6.07) is 3.70. The summed E-state index contributed by atoms with van der Waals surface area (Å²) >= 11 is 0. The third-order valence-electron chi connectivity index (χ3n) is 2.02. The first-order chi connectivity index (χ1) is 8.68. The molecule has 1 aromatic rings. The van der Waals surface area contributed by atoms with Crippen LogP contribution in [0.3, 0.4) is 0 Å². The van der Waals surface area contributed by atoms with E-state index in [4.69, 9.17) is 5.11 Å². The molecule has 0 aliphatic rings. The van der Waals surface area contributed by atoms with E-state index in [2.05, 4.69) is 15.6 Å². The minimum Gasteiger partial charge on any atom is -0.465 e. The zero-order valence-electron chi connectivity index (χ0n) is 9.80. The first-order valence-electron chi connectivity index (χ1n) is 5.48. The van der Waals surface area contributed by atoms with Crippen LogP contribution in [-0.4, -0.2) is 35.2 Å². The number of hydrogen-bond donors (Lipinski definition) is 3. The molecular formula is C12H15N3O3. The largest absolute Gasteiger partial charge is 0.465 e. The summed E-state index contributed by atoms with van der Waals surface area (Å²) in [5.41, 5.74) is 0.929. The van der Waals surface area contributed by atoms with Gasteiger partial charge in [0.2, 0.25) is 5.91 Å². The van der Waals surface area contributed by atoms with E-state index in [1.54, 1.807) is 18.5 Å². The van der Waals surface area contributed by atoms with Crippen molar-refractivity contribution in [2.45, 2.75) is 6.42 Å². The molecule has 3 N–H and O–H groups in total. The first kappa shape index (κ1) is 13.7. The third-order valence-corrected chi connectivity index (χ3v) is 2.02. The summed E-state index contributed by atoms with van der Waals surface area (Å²) in [5.74, 6) is -0.151. The number of hydrogen-bond acceptors (Lipinski definition) is 3. The fourth-order valence-electron chi connectivity index (χ4n) is 1.22. The van der Waals surface area contributed by atoms with Crippen molar-refractivity contribution in [2.75, 3.05) is 13.1 Å². The Balaban J connectivity index is 2.17. The highest BCUT2D eigenvalue weighted by Gasteiger charge is 1.98. The minimum atomic E-state index is -1.10. The van der Waals surface area contributed by atoms with Crippen LogP contribution in [0.2, 0.25) is 0 Å². The molecule has 0 radical (unpaired) electrons. The van der Waals surface area contributed by atoms with Crippen molar-refractivity contribution < 1.29 is 14.7 Å². The smallest absolute Gasteiger partial charge is 0.404 e. The van der Waals surface area contributed by atoms with Crippen LogP contribution in [0.5, 0.6) is 0 Å². The fraction of sp³-hybridized carbons (Fsp3) is 0.250. The number of aromatic nitrogens is 1. The molecule has 96 valence electrons. The average Bonchev–Trinajstić information content (AvgIpc) is 2.36. The van der Waals surface area contributed by atoms with E-state index in [0.29, 0.717) is 0 Å². The van der Waals surface area contributed by atoms with Gasteiger partial charge >= 0.3 is 6.09 Å². The minimum absolute atomic E-state index is 0.151. The van der Waals surface area contributed by atoms with Gasteiger partial charge in [0.15, 0.2) is 0 Å². The Morgan fingerprint density at radius 2 is 2.11 bits per heavy atom. The standard InChI is InChI=1S/C12H15N3O3/c16-11(14-7-8-15-12(17)18)5-1-3-10-4-2-6-13-9-10/h1-4,6,9,15H,5,7-8H2,(H,14,16)(H,17,18). The zero-order chi connectivity index (χ0) is 13.2. The highest BCUT2D eigenvalue weighted by atomic mass is 16.4. The molecule has 0 saturated carbocycles. The van der Waals surface area contributed by atoms with Gasteiger partial charge in [0.25, 0.3) is 0 Å². The van der Waals surface area contributed by atoms with Gasteiger partial charge in [0.1, 0.15) is 0 Å². The van der Waals surface area contributed by atoms with E-state index in [9.17, 15) is 9.59 Å². The molecule has 0 aliphatic carbocycles. The SMILES string of the molecule is O=C(O)NCCNC(=O)CC=Cc1cccnc1. The van der Waals surface area contributed by atoms with Gasteiger partial charge in [-0.25, -0.2) is 4.79 Å². The van der Waals surface area contributed by atoms with Crippen molar-refractivity contribution in [2.24, 2.45) is 0 Å². The van der Waals surface area contributed by atoms with Crippen molar-refractivity contribution in [3.05, 3.63) is 36.2 Å². The molecule has 6 nitrogen and oxygen atoms in total. The predicted molar refractivity (Wildman–Crippen MR) is 66.9 cm³/mol. The molecule has 6 heteroatoms. The van der Waals surface area contributed by atoms with Crippen LogP contribution in [0.1, 0.15) is 12.0 Å². The van der Waals surface area contributed by atoms with Gasteiger partial charge in [-0.15, -0.1) is 0 Å². The molecule has 1 rings (SSSR count). The van der Waals surface area contributed by atoms with E-state index in [1.165, 1.54) is 0 Å². The number of pyridine rings is 1. The predicted octanol–water partition coefficient (Wildman–Crippen LogP) is 0.869. The lowest BCUT2D eigenvalue weighted by atomic mass is 10.2. The number of carbonyl (C=O) groups is 2. The van der Waals surface area contributed by atoms with E-state index in [1.807, 2.05) is 18.2 Å². The van der Waals surface area contributed by atoms with Crippen LogP contribution < -0.4 is 10.6 Å². The summed E-state index contributed by atoms with van der Waals surface area (Å²) < 4.78 is 0. The van der Waals surface area contributed by atoms with E-state index >= 15 is 0 Å². The first-order valence-corrected chi connectivity index (χ1v) is 5.48. The summed E-state index contributed by atoms with van der Waals surface area (Å²) in [4.78, 5) is 25.4. The van der Waals surface area contributed by atoms with Gasteiger partial charge in [-0.1, -0.05) is 18.2 Å². The second kappa shape index (κ2) is 7.83. The number of carboxylic acid groups (broad SMARTS) is 1. The molecular weight excluding hydrogens is 234 g/mol. The van der Waals surface area contributed by atoms with Crippen LogP contribution in [0.4, 0.5) is 4.79 Å². The molecule has 2 amide bonds. The van der Waals surface area contributed by atoms with Crippen LogP contribution in [0, 0.1) is 0 Å². The monoisotopic (exact) mass is 249 g/mol. The number of rotatable bonds is 6. The Hall–Kier alpha value is -2.37. The third kappa shape index (κ3) is 6.26. The van der Waals surface area contributed by atoms with Crippen LogP contribution >= 0.6 is 0 Å². The summed E-state index contributed by atoms with van der Waals surface area (Å²) in [5, 5.41) is 13.1. The van der Waals surface area contributed by atoms with Gasteiger partial charge < -0.3 is 15.7 Å². The van der Waals surface area contributed by atoms with Crippen LogP contribution in [0.25, 0.3) is 6.08 Å². The quantitative estimate of drug-likeness (QED) is 0.652. The molecule has 0 unspecified atom stereocenters. The maximum absolute atomic E-state index is 11.3. The summed E-state index contributed by atoms with van der Waals surface area (Å²) in [6.07, 6.45) is 6.08. The Morgan fingerprint density at radius 3 is 2.78 bits per heavy atom. The molecule has 0 spiro atoms. The Morgan fingerprint density at radius 1 is 1.33 bits per heavy atom. The Kier molecular flexibility index (Phi) is 5.96. The van der Waals surface area contributed by atoms with Crippen molar-refractivity contribution in [3.8, 4) is 0 Å². The lowest BCUT2D eigenvalue weighted by Gasteiger charge is -2.02. The number of carbonyl (C=O) groups excluding carboxylic acids is 1. The molecule has 0 bridgehead atoms. The second-order valence-corrected chi connectivity index (χ2v) is 3.47. The maximum Gasteiger partial charge on any atom is 0.404 e. The molecule has 0 atom stereocenters. The molecule has 1 aromatic heterocycles. The van der Waals surface area contributed by atoms with Gasteiger partial charge in [-0.05, 0) is 11.6 Å². The average molecular weight is 249 g/mol. The second-order valence-electron chi connectivity index (χ2n) is 3.47. The molecule has 0 aromatic carbocycles. The van der Waals surface area contributed by atoms with Crippen molar-refractivity contribution in [1.29, 1.82) is 0 Å². The number of nitrogens with zero attached hydrogens (tertiary/aromatic N) is 1.